The van der Waals surface area contributed by atoms with Gasteiger partial charge in [0.15, 0.2) is 11.4 Å². The molecule has 6 nitrogen and oxygen atoms in total. The summed E-state index contributed by atoms with van der Waals surface area (Å²) in [5, 5.41) is 9.33. The predicted octanol–water partition coefficient (Wildman–Crippen LogP) is 4.58. The van der Waals surface area contributed by atoms with E-state index >= 15 is 0 Å². The summed E-state index contributed by atoms with van der Waals surface area (Å²) in [5.41, 5.74) is -1.35. The van der Waals surface area contributed by atoms with Gasteiger partial charge in [0.1, 0.15) is 11.6 Å². The minimum atomic E-state index is -4.89. The van der Waals surface area contributed by atoms with Crippen molar-refractivity contribution < 1.29 is 27.1 Å². The number of carbonyl (C=O) groups is 1. The number of nitrogens with zero attached hydrogens (tertiary/aromatic N) is 3. The fourth-order valence-corrected chi connectivity index (χ4v) is 2.94. The smallest absolute Gasteiger partial charge is 0.435 e. The highest BCUT2D eigenvalue weighted by Gasteiger charge is 2.41. The Labute approximate surface area is 182 Å². The Morgan fingerprint density at radius 2 is 1.78 bits per heavy atom. The largest absolute Gasteiger partial charge is 0.494 e. The van der Waals surface area contributed by atoms with E-state index in [-0.39, 0.29) is 12.2 Å². The summed E-state index contributed by atoms with van der Waals surface area (Å²) in [5.74, 6) is -0.871. The molecule has 170 valence electrons. The van der Waals surface area contributed by atoms with Crippen molar-refractivity contribution in [2.75, 3.05) is 13.2 Å². The van der Waals surface area contributed by atoms with Crippen molar-refractivity contribution in [1.29, 1.82) is 0 Å². The molecule has 10 heteroatoms. The molecule has 0 unspecified atom stereocenters. The highest BCUT2D eigenvalue weighted by atomic mass is 19.4. The Bertz CT molecular complexity index is 1030. The van der Waals surface area contributed by atoms with Crippen LogP contribution in [0.25, 0.3) is 5.69 Å². The van der Waals surface area contributed by atoms with Crippen LogP contribution in [0.3, 0.4) is 0 Å². The van der Waals surface area contributed by atoms with Gasteiger partial charge in [-0.2, -0.15) is 13.2 Å². The van der Waals surface area contributed by atoms with E-state index in [0.29, 0.717) is 17.7 Å². The average molecular weight is 450 g/mol. The van der Waals surface area contributed by atoms with Crippen LogP contribution < -0.4 is 10.1 Å². The van der Waals surface area contributed by atoms with Gasteiger partial charge in [-0.15, -0.1) is 5.10 Å². The number of unbranched alkanes of at least 4 members (excludes halogenated alkanes) is 1. The van der Waals surface area contributed by atoms with Gasteiger partial charge in [0.2, 0.25) is 0 Å². The lowest BCUT2D eigenvalue weighted by molar-refractivity contribution is -0.143. The molecule has 0 aliphatic carbocycles. The van der Waals surface area contributed by atoms with E-state index in [9.17, 15) is 22.4 Å². The number of hydrogen-bond donors (Lipinski definition) is 1. The lowest BCUT2D eigenvalue weighted by Crippen LogP contribution is -2.29. The highest BCUT2D eigenvalue weighted by molar-refractivity contribution is 5.93. The number of alkyl halides is 3. The minimum Gasteiger partial charge on any atom is -0.494 e. The van der Waals surface area contributed by atoms with Gasteiger partial charge < -0.3 is 10.1 Å². The number of nitrogens with one attached hydrogen (secondary N) is 1. The van der Waals surface area contributed by atoms with E-state index in [2.05, 4.69) is 22.6 Å². The SMILES string of the molecule is CCCCOc1ccc(CCNC(=O)c2nnn(-c3ccc(F)cc3)c2C(F)(F)F)cc1. The van der Waals surface area contributed by atoms with Crippen LogP contribution in [0.5, 0.6) is 5.75 Å². The number of hydrogen-bond acceptors (Lipinski definition) is 4. The van der Waals surface area contributed by atoms with Crippen LogP contribution in [-0.2, 0) is 12.6 Å². The molecule has 0 saturated carbocycles. The molecular formula is C22H22F4N4O2. The molecule has 1 aromatic heterocycles. The summed E-state index contributed by atoms with van der Waals surface area (Å²) < 4.78 is 60.1. The van der Waals surface area contributed by atoms with Gasteiger partial charge in [0.25, 0.3) is 5.91 Å². The zero-order valence-electron chi connectivity index (χ0n) is 17.3. The van der Waals surface area contributed by atoms with Gasteiger partial charge in [-0.25, -0.2) is 9.07 Å². The third-order valence-electron chi connectivity index (χ3n) is 4.61. The molecule has 0 fully saturated rings. The number of carbonyl (C=O) groups excluding carboxylic acids is 1. The average Bonchev–Trinajstić information content (AvgIpc) is 3.21. The number of aromatic nitrogens is 3. The second-order valence-corrected chi connectivity index (χ2v) is 7.02. The first kappa shape index (κ1) is 23.2. The monoisotopic (exact) mass is 450 g/mol. The molecule has 2 aromatic carbocycles. The van der Waals surface area contributed by atoms with E-state index in [4.69, 9.17) is 4.74 Å². The number of halogens is 4. The third kappa shape index (κ3) is 5.83. The Hall–Kier alpha value is -3.43. The molecule has 0 saturated heterocycles. The fourth-order valence-electron chi connectivity index (χ4n) is 2.94. The molecule has 1 heterocycles. The summed E-state index contributed by atoms with van der Waals surface area (Å²) in [6, 6.07) is 11.5. The Balaban J connectivity index is 1.65. The van der Waals surface area contributed by atoms with Crippen molar-refractivity contribution in [2.24, 2.45) is 0 Å². The summed E-state index contributed by atoms with van der Waals surface area (Å²) in [6.45, 7) is 2.81. The van der Waals surface area contributed by atoms with Crippen molar-refractivity contribution >= 4 is 5.91 Å². The van der Waals surface area contributed by atoms with Gasteiger partial charge in [-0.3, -0.25) is 4.79 Å². The molecule has 0 aliphatic heterocycles. The zero-order chi connectivity index (χ0) is 23.1. The molecule has 1 amide bonds. The first-order chi connectivity index (χ1) is 15.3. The van der Waals surface area contributed by atoms with Crippen molar-refractivity contribution in [1.82, 2.24) is 20.3 Å². The zero-order valence-corrected chi connectivity index (χ0v) is 17.3. The summed E-state index contributed by atoms with van der Waals surface area (Å²) in [4.78, 5) is 12.4. The van der Waals surface area contributed by atoms with E-state index < -0.39 is 29.3 Å². The first-order valence-electron chi connectivity index (χ1n) is 10.1. The van der Waals surface area contributed by atoms with Crippen LogP contribution in [0.1, 0.15) is 41.5 Å². The summed E-state index contributed by atoms with van der Waals surface area (Å²) in [7, 11) is 0. The van der Waals surface area contributed by atoms with Gasteiger partial charge in [0.05, 0.1) is 12.3 Å². The van der Waals surface area contributed by atoms with Gasteiger partial charge in [-0.1, -0.05) is 30.7 Å². The predicted molar refractivity (Wildman–Crippen MR) is 109 cm³/mol. The topological polar surface area (TPSA) is 69.0 Å². The van der Waals surface area contributed by atoms with Crippen LogP contribution in [-0.4, -0.2) is 34.1 Å². The molecule has 0 radical (unpaired) electrons. The first-order valence-corrected chi connectivity index (χ1v) is 10.1. The molecule has 0 spiro atoms. The van der Waals surface area contributed by atoms with Crippen molar-refractivity contribution in [3.8, 4) is 11.4 Å². The summed E-state index contributed by atoms with van der Waals surface area (Å²) >= 11 is 0. The van der Waals surface area contributed by atoms with Crippen molar-refractivity contribution in [2.45, 2.75) is 32.4 Å². The lowest BCUT2D eigenvalue weighted by Gasteiger charge is -2.11. The van der Waals surface area contributed by atoms with Crippen LogP contribution >= 0.6 is 0 Å². The molecule has 0 bridgehead atoms. The molecule has 0 aliphatic rings. The van der Waals surface area contributed by atoms with Gasteiger partial charge in [0, 0.05) is 6.54 Å². The Morgan fingerprint density at radius 3 is 2.41 bits per heavy atom. The Morgan fingerprint density at radius 1 is 1.09 bits per heavy atom. The van der Waals surface area contributed by atoms with Crippen LogP contribution in [0.15, 0.2) is 48.5 Å². The lowest BCUT2D eigenvalue weighted by atomic mass is 10.1. The molecule has 0 atom stereocenters. The minimum absolute atomic E-state index is 0.0634. The van der Waals surface area contributed by atoms with Crippen molar-refractivity contribution in [3.63, 3.8) is 0 Å². The standard InChI is InChI=1S/C22H22F4N4O2/c1-2-3-14-32-18-10-4-15(5-11-18)12-13-27-21(31)19-20(22(24,25)26)30(29-28-19)17-8-6-16(23)7-9-17/h4-11H,2-3,12-14H2,1H3,(H,27,31). The van der Waals surface area contributed by atoms with Gasteiger partial charge in [-0.05, 0) is 54.8 Å². The van der Waals surface area contributed by atoms with Crippen LogP contribution in [0.4, 0.5) is 17.6 Å². The third-order valence-corrected chi connectivity index (χ3v) is 4.61. The quantitative estimate of drug-likeness (QED) is 0.383. The van der Waals surface area contributed by atoms with Crippen molar-refractivity contribution in [3.05, 3.63) is 71.3 Å². The number of benzene rings is 2. The Kier molecular flexibility index (Phi) is 7.45. The maximum Gasteiger partial charge on any atom is 0.435 e. The fraction of sp³-hybridized carbons (Fsp3) is 0.318. The second kappa shape index (κ2) is 10.3. The summed E-state index contributed by atoms with van der Waals surface area (Å²) in [6.07, 6.45) is -2.49. The molecule has 3 aromatic rings. The maximum absolute atomic E-state index is 13.6. The molecule has 3 rings (SSSR count). The number of rotatable bonds is 9. The molecular weight excluding hydrogens is 428 g/mol. The van der Waals surface area contributed by atoms with E-state index in [1.165, 1.54) is 0 Å². The highest BCUT2D eigenvalue weighted by Crippen LogP contribution is 2.32. The number of ether oxygens (including phenoxy) is 1. The van der Waals surface area contributed by atoms with E-state index in [1.54, 1.807) is 0 Å². The maximum atomic E-state index is 13.6. The van der Waals surface area contributed by atoms with Crippen LogP contribution in [0.2, 0.25) is 0 Å². The van der Waals surface area contributed by atoms with Crippen LogP contribution in [0, 0.1) is 5.82 Å². The molecule has 1 N–H and O–H groups in total. The number of amides is 1. The van der Waals surface area contributed by atoms with E-state index in [1.807, 2.05) is 24.3 Å². The molecule has 32 heavy (non-hydrogen) atoms. The van der Waals surface area contributed by atoms with Gasteiger partial charge >= 0.3 is 6.18 Å². The second-order valence-electron chi connectivity index (χ2n) is 7.02. The normalized spacial score (nSPS) is 11.4. The van der Waals surface area contributed by atoms with E-state index in [0.717, 1.165) is 48.4 Å².